The lowest BCUT2D eigenvalue weighted by Gasteiger charge is -2.32. The summed E-state index contributed by atoms with van der Waals surface area (Å²) in [5, 5.41) is 5.32. The lowest BCUT2D eigenvalue weighted by Crippen LogP contribution is -2.36. The van der Waals surface area contributed by atoms with Gasteiger partial charge in [-0.3, -0.25) is 9.58 Å². The van der Waals surface area contributed by atoms with Gasteiger partial charge < -0.3 is 5.73 Å². The van der Waals surface area contributed by atoms with Gasteiger partial charge in [-0.25, -0.2) is 0 Å². The molecule has 0 amide bonds. The van der Waals surface area contributed by atoms with Crippen LogP contribution in [0.3, 0.4) is 0 Å². The van der Waals surface area contributed by atoms with E-state index >= 15 is 0 Å². The molecule has 1 aliphatic rings. The summed E-state index contributed by atoms with van der Waals surface area (Å²) in [7, 11) is 0. The SMILES string of the molecule is CCn1nc(C)c(Cl)c1CN1CCCC(CCN)C1. The highest BCUT2D eigenvalue weighted by molar-refractivity contribution is 6.31. The minimum Gasteiger partial charge on any atom is -0.330 e. The lowest BCUT2D eigenvalue weighted by atomic mass is 9.95. The van der Waals surface area contributed by atoms with Crippen molar-refractivity contribution < 1.29 is 0 Å². The van der Waals surface area contributed by atoms with Crippen LogP contribution in [0.25, 0.3) is 0 Å². The molecular formula is C14H25ClN4. The number of piperidine rings is 1. The molecule has 2 heterocycles. The van der Waals surface area contributed by atoms with Gasteiger partial charge in [0.2, 0.25) is 0 Å². The van der Waals surface area contributed by atoms with Crippen molar-refractivity contribution in [2.75, 3.05) is 19.6 Å². The number of aromatic nitrogens is 2. The average molecular weight is 285 g/mol. The number of hydrogen-bond acceptors (Lipinski definition) is 3. The zero-order valence-electron chi connectivity index (χ0n) is 12.0. The average Bonchev–Trinajstić information content (AvgIpc) is 2.67. The molecule has 5 heteroatoms. The Bertz CT molecular complexity index is 414. The third-order valence-corrected chi connectivity index (χ3v) is 4.50. The molecule has 1 aliphatic heterocycles. The number of rotatable bonds is 5. The standard InChI is InChI=1S/C14H25ClN4/c1-3-19-13(14(15)11(2)17-19)10-18-8-4-5-12(9-18)6-7-16/h12H,3-10,16H2,1-2H3. The predicted molar refractivity (Wildman–Crippen MR) is 79.3 cm³/mol. The van der Waals surface area contributed by atoms with Crippen molar-refractivity contribution in [3.63, 3.8) is 0 Å². The molecule has 19 heavy (non-hydrogen) atoms. The van der Waals surface area contributed by atoms with Crippen LogP contribution in [0.1, 0.15) is 37.6 Å². The van der Waals surface area contributed by atoms with Gasteiger partial charge in [0.05, 0.1) is 16.4 Å². The number of likely N-dealkylation sites (tertiary alicyclic amines) is 1. The number of hydrogen-bond donors (Lipinski definition) is 1. The molecule has 1 aromatic rings. The minimum atomic E-state index is 0.747. The van der Waals surface area contributed by atoms with Crippen LogP contribution >= 0.6 is 11.6 Å². The zero-order chi connectivity index (χ0) is 13.8. The smallest absolute Gasteiger partial charge is 0.0860 e. The molecular weight excluding hydrogens is 260 g/mol. The molecule has 0 bridgehead atoms. The Morgan fingerprint density at radius 3 is 2.95 bits per heavy atom. The Morgan fingerprint density at radius 1 is 1.47 bits per heavy atom. The van der Waals surface area contributed by atoms with Crippen molar-refractivity contribution in [1.29, 1.82) is 0 Å². The Kier molecular flexibility index (Phi) is 5.25. The van der Waals surface area contributed by atoms with Crippen molar-refractivity contribution >= 4 is 11.6 Å². The Hall–Kier alpha value is -0.580. The zero-order valence-corrected chi connectivity index (χ0v) is 12.8. The summed E-state index contributed by atoms with van der Waals surface area (Å²) in [4.78, 5) is 2.50. The second kappa shape index (κ2) is 6.73. The summed E-state index contributed by atoms with van der Waals surface area (Å²) >= 11 is 6.38. The molecule has 1 atom stereocenters. The van der Waals surface area contributed by atoms with E-state index in [0.29, 0.717) is 0 Å². The molecule has 2 N–H and O–H groups in total. The summed E-state index contributed by atoms with van der Waals surface area (Å²) in [6.07, 6.45) is 3.71. The van der Waals surface area contributed by atoms with Gasteiger partial charge in [0, 0.05) is 19.6 Å². The minimum absolute atomic E-state index is 0.747. The fraction of sp³-hybridized carbons (Fsp3) is 0.786. The maximum atomic E-state index is 6.38. The van der Waals surface area contributed by atoms with Gasteiger partial charge in [-0.2, -0.15) is 5.10 Å². The topological polar surface area (TPSA) is 47.1 Å². The van der Waals surface area contributed by atoms with Crippen molar-refractivity contribution in [2.45, 2.75) is 46.2 Å². The Morgan fingerprint density at radius 2 is 2.26 bits per heavy atom. The first kappa shape index (κ1) is 14.8. The van der Waals surface area contributed by atoms with Crippen LogP contribution in [0.4, 0.5) is 0 Å². The third-order valence-electron chi connectivity index (χ3n) is 4.00. The van der Waals surface area contributed by atoms with Crippen LogP contribution in [-0.2, 0) is 13.1 Å². The van der Waals surface area contributed by atoms with E-state index < -0.39 is 0 Å². The number of aryl methyl sites for hydroxylation is 2. The van der Waals surface area contributed by atoms with Crippen LogP contribution in [0, 0.1) is 12.8 Å². The molecule has 0 aromatic carbocycles. The molecule has 108 valence electrons. The first-order valence-electron chi connectivity index (χ1n) is 7.29. The maximum absolute atomic E-state index is 6.38. The summed E-state index contributed by atoms with van der Waals surface area (Å²) in [6, 6.07) is 0. The first-order valence-corrected chi connectivity index (χ1v) is 7.67. The highest BCUT2D eigenvalue weighted by atomic mass is 35.5. The van der Waals surface area contributed by atoms with E-state index in [1.807, 2.05) is 11.6 Å². The van der Waals surface area contributed by atoms with E-state index in [9.17, 15) is 0 Å². The Labute approximate surface area is 120 Å². The summed E-state index contributed by atoms with van der Waals surface area (Å²) in [5.41, 5.74) is 7.78. The largest absolute Gasteiger partial charge is 0.330 e. The molecule has 4 nitrogen and oxygen atoms in total. The van der Waals surface area contributed by atoms with Gasteiger partial charge in [0.1, 0.15) is 0 Å². The van der Waals surface area contributed by atoms with E-state index in [2.05, 4.69) is 16.9 Å². The molecule has 0 spiro atoms. The third kappa shape index (κ3) is 3.50. The highest BCUT2D eigenvalue weighted by Gasteiger charge is 2.22. The molecule has 1 saturated heterocycles. The van der Waals surface area contributed by atoms with Crippen LogP contribution in [0.2, 0.25) is 5.02 Å². The molecule has 0 radical (unpaired) electrons. The van der Waals surface area contributed by atoms with E-state index in [4.69, 9.17) is 17.3 Å². The molecule has 1 fully saturated rings. The molecule has 1 unspecified atom stereocenters. The van der Waals surface area contributed by atoms with Gasteiger partial charge in [-0.1, -0.05) is 11.6 Å². The van der Waals surface area contributed by atoms with Crippen molar-refractivity contribution in [3.8, 4) is 0 Å². The normalized spacial score (nSPS) is 20.9. The summed E-state index contributed by atoms with van der Waals surface area (Å²) in [5.74, 6) is 0.747. The molecule has 2 rings (SSSR count). The Balaban J connectivity index is 2.04. The quantitative estimate of drug-likeness (QED) is 0.903. The molecule has 0 aliphatic carbocycles. The second-order valence-electron chi connectivity index (χ2n) is 5.48. The molecule has 0 saturated carbocycles. The summed E-state index contributed by atoms with van der Waals surface area (Å²) in [6.45, 7) is 8.97. The van der Waals surface area contributed by atoms with Crippen molar-refractivity contribution in [1.82, 2.24) is 14.7 Å². The van der Waals surface area contributed by atoms with Gasteiger partial charge in [0.25, 0.3) is 0 Å². The van der Waals surface area contributed by atoms with Crippen molar-refractivity contribution in [2.24, 2.45) is 11.7 Å². The lowest BCUT2D eigenvalue weighted by molar-refractivity contribution is 0.159. The van der Waals surface area contributed by atoms with Crippen LogP contribution in [-0.4, -0.2) is 34.3 Å². The second-order valence-corrected chi connectivity index (χ2v) is 5.86. The summed E-state index contributed by atoms with van der Waals surface area (Å²) < 4.78 is 2.03. The fourth-order valence-electron chi connectivity index (χ4n) is 3.00. The first-order chi connectivity index (χ1) is 9.15. The number of nitrogens with two attached hydrogens (primary N) is 1. The number of halogens is 1. The maximum Gasteiger partial charge on any atom is 0.0860 e. The van der Waals surface area contributed by atoms with Gasteiger partial charge in [0.15, 0.2) is 0 Å². The van der Waals surface area contributed by atoms with Crippen LogP contribution in [0.15, 0.2) is 0 Å². The van der Waals surface area contributed by atoms with Gasteiger partial charge >= 0.3 is 0 Å². The van der Waals surface area contributed by atoms with Crippen molar-refractivity contribution in [3.05, 3.63) is 16.4 Å². The highest BCUT2D eigenvalue weighted by Crippen LogP contribution is 2.25. The van der Waals surface area contributed by atoms with E-state index in [1.165, 1.54) is 12.8 Å². The van der Waals surface area contributed by atoms with Gasteiger partial charge in [-0.05, 0) is 52.1 Å². The van der Waals surface area contributed by atoms with E-state index in [1.54, 1.807) is 0 Å². The fourth-order valence-corrected chi connectivity index (χ4v) is 3.19. The molecule has 1 aromatic heterocycles. The monoisotopic (exact) mass is 284 g/mol. The van der Waals surface area contributed by atoms with Crippen LogP contribution in [0.5, 0.6) is 0 Å². The number of nitrogens with zero attached hydrogens (tertiary/aromatic N) is 3. The van der Waals surface area contributed by atoms with E-state index in [-0.39, 0.29) is 0 Å². The van der Waals surface area contributed by atoms with Gasteiger partial charge in [-0.15, -0.1) is 0 Å². The predicted octanol–water partition coefficient (Wildman–Crippen LogP) is 2.43. The van der Waals surface area contributed by atoms with Crippen LogP contribution < -0.4 is 5.73 Å². The van der Waals surface area contributed by atoms with E-state index in [0.717, 1.165) is 61.5 Å².